The Balaban J connectivity index is -0.0000000171. The minimum atomic E-state index is -2.33. The molecule has 55 valence electrons. The summed E-state index contributed by atoms with van der Waals surface area (Å²) in [5.74, 6) is 0. The molecule has 0 atom stereocenters. The third-order valence-electron chi connectivity index (χ3n) is 0. The first kappa shape index (κ1) is 29.2. The molecular formula is C2CoK2O6. The maximum absolute atomic E-state index is 8.33. The number of rotatable bonds is 0. The third-order valence-corrected chi connectivity index (χ3v) is 0. The smallest absolute Gasteiger partial charge is 0.652 e. The second-order valence-corrected chi connectivity index (χ2v) is 0.500. The number of carboxylic acid groups (broad SMARTS) is 4. The summed E-state index contributed by atoms with van der Waals surface area (Å²) in [7, 11) is 0. The van der Waals surface area contributed by atoms with Gasteiger partial charge in [-0.3, -0.25) is 0 Å². The van der Waals surface area contributed by atoms with Gasteiger partial charge in [0.05, 0.1) is 0 Å². The molecule has 0 aliphatic heterocycles. The monoisotopic (exact) mass is 257 g/mol. The van der Waals surface area contributed by atoms with Gasteiger partial charge in [-0.1, -0.05) is 0 Å². The minimum Gasteiger partial charge on any atom is -0.652 e. The summed E-state index contributed by atoms with van der Waals surface area (Å²) in [6.07, 6.45) is -4.67. The van der Waals surface area contributed by atoms with Gasteiger partial charge in [0.2, 0.25) is 0 Å². The Labute approximate surface area is 158 Å². The van der Waals surface area contributed by atoms with Crippen molar-refractivity contribution < 1.29 is 150 Å². The van der Waals surface area contributed by atoms with Crippen LogP contribution < -0.4 is 123 Å². The molecule has 0 saturated heterocycles. The number of carbonyl (C=O) groups excluding carboxylic acids is 2. The average molecular weight is 257 g/mol. The van der Waals surface area contributed by atoms with Crippen molar-refractivity contribution in [3.63, 3.8) is 0 Å². The standard InChI is InChI=1S/2CH2O3.Co.2K/c2*2-1(3)4;;;/h2*(H2,2,3,4);;;/q;;+2;2*+1/p-4. The molecule has 0 heterocycles. The molecular weight excluding hydrogens is 257 g/mol. The van der Waals surface area contributed by atoms with E-state index in [0.717, 1.165) is 0 Å². The number of hydrogen-bond acceptors (Lipinski definition) is 6. The molecule has 0 aliphatic rings. The van der Waals surface area contributed by atoms with Crippen LogP contribution in [-0.2, 0) is 16.8 Å². The van der Waals surface area contributed by atoms with Crippen LogP contribution in [0.5, 0.6) is 0 Å². The van der Waals surface area contributed by atoms with Crippen molar-refractivity contribution >= 4 is 12.3 Å². The maximum Gasteiger partial charge on any atom is 2.00 e. The van der Waals surface area contributed by atoms with Gasteiger partial charge < -0.3 is 30.0 Å². The van der Waals surface area contributed by atoms with E-state index in [0.29, 0.717) is 0 Å². The van der Waals surface area contributed by atoms with Crippen molar-refractivity contribution in [2.24, 2.45) is 0 Å². The Hall–Kier alpha value is 2.32. The van der Waals surface area contributed by atoms with Crippen LogP contribution in [0.15, 0.2) is 0 Å². The Kier molecular flexibility index (Phi) is 60.6. The van der Waals surface area contributed by atoms with Crippen molar-refractivity contribution in [2.45, 2.75) is 0 Å². The van der Waals surface area contributed by atoms with Gasteiger partial charge in [0, 0.05) is 0 Å². The van der Waals surface area contributed by atoms with E-state index in [1.165, 1.54) is 0 Å². The van der Waals surface area contributed by atoms with Crippen molar-refractivity contribution in [1.29, 1.82) is 0 Å². The number of carbonyl (C=O) groups is 2. The molecule has 0 bridgehead atoms. The summed E-state index contributed by atoms with van der Waals surface area (Å²) < 4.78 is 0. The predicted molar refractivity (Wildman–Crippen MR) is 10.8 cm³/mol. The summed E-state index contributed by atoms with van der Waals surface area (Å²) >= 11 is 0. The molecule has 0 aromatic rings. The first-order valence-corrected chi connectivity index (χ1v) is 1.22. The predicted octanol–water partition coefficient (Wildman–Crippen LogP) is -10.9. The molecule has 0 spiro atoms. The van der Waals surface area contributed by atoms with Gasteiger partial charge in [0.25, 0.3) is 0 Å². The quantitative estimate of drug-likeness (QED) is 0.396. The normalized spacial score (nSPS) is 4.36. The first-order chi connectivity index (χ1) is 3.46. The van der Waals surface area contributed by atoms with Gasteiger partial charge in [0.15, 0.2) is 0 Å². The van der Waals surface area contributed by atoms with Crippen LogP contribution in [0.25, 0.3) is 0 Å². The topological polar surface area (TPSA) is 126 Å². The van der Waals surface area contributed by atoms with Gasteiger partial charge in [0.1, 0.15) is 0 Å². The summed E-state index contributed by atoms with van der Waals surface area (Å²) in [5.41, 5.74) is 0. The SMILES string of the molecule is O=C([O-])[O-].O=C([O-])[O-].[Co+2].[K+].[K+]. The summed E-state index contributed by atoms with van der Waals surface area (Å²) in [6, 6.07) is 0. The molecule has 0 aromatic carbocycles. The second-order valence-electron chi connectivity index (χ2n) is 0.500. The van der Waals surface area contributed by atoms with E-state index in [1.807, 2.05) is 0 Å². The molecule has 11 heavy (non-hydrogen) atoms. The minimum absolute atomic E-state index is 0. The van der Waals surface area contributed by atoms with Crippen LogP contribution in [0.2, 0.25) is 0 Å². The molecule has 0 fully saturated rings. The molecule has 0 rings (SSSR count). The average Bonchev–Trinajstić information content (AvgIpc) is 1.25. The molecule has 0 aliphatic carbocycles. The largest absolute Gasteiger partial charge is 2.00 e. The van der Waals surface area contributed by atoms with Gasteiger partial charge in [-0.2, -0.15) is 0 Å². The van der Waals surface area contributed by atoms with Crippen LogP contribution in [-0.4, -0.2) is 12.3 Å². The summed E-state index contributed by atoms with van der Waals surface area (Å²) in [4.78, 5) is 16.7. The molecule has 0 unspecified atom stereocenters. The van der Waals surface area contributed by atoms with Crippen LogP contribution in [0.3, 0.4) is 0 Å². The summed E-state index contributed by atoms with van der Waals surface area (Å²) in [6.45, 7) is 0. The van der Waals surface area contributed by atoms with Gasteiger partial charge in [-0.15, -0.1) is 0 Å². The maximum atomic E-state index is 8.33. The van der Waals surface area contributed by atoms with E-state index in [4.69, 9.17) is 30.0 Å². The Bertz CT molecular complexity index is 76.6. The van der Waals surface area contributed by atoms with Crippen LogP contribution >= 0.6 is 0 Å². The van der Waals surface area contributed by atoms with Crippen LogP contribution in [0.1, 0.15) is 0 Å². The molecule has 0 aromatic heterocycles. The fourth-order valence-electron chi connectivity index (χ4n) is 0. The molecule has 0 amide bonds. The van der Waals surface area contributed by atoms with E-state index < -0.39 is 12.3 Å². The van der Waals surface area contributed by atoms with E-state index in [9.17, 15) is 0 Å². The van der Waals surface area contributed by atoms with Crippen LogP contribution in [0, 0.1) is 0 Å². The van der Waals surface area contributed by atoms with Gasteiger partial charge >= 0.3 is 120 Å². The van der Waals surface area contributed by atoms with E-state index in [1.54, 1.807) is 0 Å². The van der Waals surface area contributed by atoms with Crippen molar-refractivity contribution in [3.05, 3.63) is 0 Å². The molecule has 0 saturated carbocycles. The molecule has 1 radical (unpaired) electrons. The van der Waals surface area contributed by atoms with Gasteiger partial charge in [-0.05, 0) is 12.3 Å². The molecule has 0 N–H and O–H groups in total. The van der Waals surface area contributed by atoms with Crippen molar-refractivity contribution in [1.82, 2.24) is 0 Å². The van der Waals surface area contributed by atoms with Crippen molar-refractivity contribution in [2.75, 3.05) is 0 Å². The van der Waals surface area contributed by atoms with Crippen LogP contribution in [0.4, 0.5) is 9.59 Å². The second kappa shape index (κ2) is 22.8. The van der Waals surface area contributed by atoms with E-state index >= 15 is 0 Å². The molecule has 9 heteroatoms. The Morgan fingerprint density at radius 3 is 0.727 bits per heavy atom. The fourth-order valence-corrected chi connectivity index (χ4v) is 0. The van der Waals surface area contributed by atoms with E-state index in [2.05, 4.69) is 0 Å². The zero-order valence-electron chi connectivity index (χ0n) is 5.78. The third kappa shape index (κ3) is 244. The van der Waals surface area contributed by atoms with Gasteiger partial charge in [-0.25, -0.2) is 0 Å². The zero-order valence-corrected chi connectivity index (χ0v) is 13.1. The Morgan fingerprint density at radius 1 is 0.727 bits per heavy atom. The molecule has 6 nitrogen and oxygen atoms in total. The van der Waals surface area contributed by atoms with Crippen molar-refractivity contribution in [3.8, 4) is 0 Å². The summed E-state index contributed by atoms with van der Waals surface area (Å²) in [5, 5.41) is 33.3. The Morgan fingerprint density at radius 2 is 0.727 bits per heavy atom. The van der Waals surface area contributed by atoms with E-state index in [-0.39, 0.29) is 120 Å². The fraction of sp³-hybridized carbons (Fsp3) is 0. The first-order valence-electron chi connectivity index (χ1n) is 1.22. The zero-order chi connectivity index (χ0) is 7.15. The number of hydrogen-bond donors (Lipinski definition) is 0.